The minimum atomic E-state index is -1.50. The normalized spacial score (nSPS) is 12.7. The lowest BCUT2D eigenvalue weighted by atomic mass is 10.0. The van der Waals surface area contributed by atoms with Gasteiger partial charge >= 0.3 is 17.9 Å². The summed E-state index contributed by atoms with van der Waals surface area (Å²) in [5, 5.41) is 9.60. The molecule has 1 N–H and O–H groups in total. The first-order valence-electron chi connectivity index (χ1n) is 27.7. The van der Waals surface area contributed by atoms with Crippen LogP contribution in [-0.2, 0) is 33.3 Å². The fourth-order valence-corrected chi connectivity index (χ4v) is 8.31. The van der Waals surface area contributed by atoms with Gasteiger partial charge in [-0.3, -0.25) is 9.59 Å². The van der Waals surface area contributed by atoms with Gasteiger partial charge in [-0.2, -0.15) is 0 Å². The number of likely N-dealkylation sites (N-methyl/N-ethyl adjacent to an activating group) is 1. The summed E-state index contributed by atoms with van der Waals surface area (Å²) in [4.78, 5) is 36.9. The van der Waals surface area contributed by atoms with Crippen molar-refractivity contribution in [1.82, 2.24) is 0 Å². The molecule has 2 unspecified atom stereocenters. The zero-order valence-electron chi connectivity index (χ0n) is 43.2. The Morgan fingerprint density at radius 3 is 1.00 bits per heavy atom. The zero-order chi connectivity index (χ0) is 47.0. The first kappa shape index (κ1) is 62.3. The topological polar surface area (TPSA) is 108 Å². The van der Waals surface area contributed by atoms with Gasteiger partial charge in [0.15, 0.2) is 6.10 Å². The van der Waals surface area contributed by atoms with Gasteiger partial charge in [0.2, 0.25) is 0 Å². The highest BCUT2D eigenvalue weighted by atomic mass is 16.7. The average Bonchev–Trinajstić information content (AvgIpc) is 3.26. The fourth-order valence-electron chi connectivity index (χ4n) is 8.31. The maximum Gasteiger partial charge on any atom is 0.361 e. The Labute approximate surface area is 396 Å². The van der Waals surface area contributed by atoms with E-state index in [4.69, 9.17) is 18.9 Å². The minimum Gasteiger partial charge on any atom is -0.477 e. The molecule has 0 saturated heterocycles. The molecule has 0 fully saturated rings. The van der Waals surface area contributed by atoms with Crippen molar-refractivity contribution in [3.63, 3.8) is 0 Å². The van der Waals surface area contributed by atoms with Gasteiger partial charge in [-0.15, -0.1) is 0 Å². The number of ether oxygens (including phenoxy) is 4. The number of hydrogen-bond acceptors (Lipinski definition) is 7. The number of aliphatic carboxylic acids is 1. The number of carboxylic acid groups (broad SMARTS) is 1. The molecule has 380 valence electrons. The molecular weight excluding hydrogens is 803 g/mol. The molecule has 0 saturated carbocycles. The number of quaternary nitrogens is 1. The van der Waals surface area contributed by atoms with Crippen LogP contribution in [0.3, 0.4) is 0 Å². The van der Waals surface area contributed by atoms with Crippen molar-refractivity contribution in [3.05, 3.63) is 0 Å². The van der Waals surface area contributed by atoms with Crippen molar-refractivity contribution >= 4 is 17.9 Å². The van der Waals surface area contributed by atoms with E-state index in [1.807, 2.05) is 21.1 Å². The van der Waals surface area contributed by atoms with E-state index in [0.29, 0.717) is 17.4 Å². The van der Waals surface area contributed by atoms with Crippen LogP contribution in [0.4, 0.5) is 0 Å². The third-order valence-corrected chi connectivity index (χ3v) is 12.6. The van der Waals surface area contributed by atoms with Gasteiger partial charge in [0, 0.05) is 12.8 Å². The Morgan fingerprint density at radius 1 is 0.406 bits per heavy atom. The van der Waals surface area contributed by atoms with Gasteiger partial charge in [-0.25, -0.2) is 4.79 Å². The number of carboxylic acids is 1. The third-order valence-electron chi connectivity index (χ3n) is 12.6. The van der Waals surface area contributed by atoms with Crippen molar-refractivity contribution in [2.45, 2.75) is 289 Å². The Morgan fingerprint density at radius 2 is 0.703 bits per heavy atom. The molecule has 0 amide bonds. The van der Waals surface area contributed by atoms with Crippen LogP contribution in [0, 0.1) is 0 Å². The molecule has 64 heavy (non-hydrogen) atoms. The first-order chi connectivity index (χ1) is 31.1. The van der Waals surface area contributed by atoms with Crippen LogP contribution in [0.25, 0.3) is 0 Å². The molecule has 0 radical (unpaired) electrons. The van der Waals surface area contributed by atoms with Gasteiger partial charge in [-0.05, 0) is 12.8 Å². The second kappa shape index (κ2) is 47.8. The van der Waals surface area contributed by atoms with E-state index in [-0.39, 0.29) is 32.2 Å². The molecule has 0 bridgehead atoms. The Kier molecular flexibility index (Phi) is 46.5. The van der Waals surface area contributed by atoms with Gasteiger partial charge < -0.3 is 28.5 Å². The van der Waals surface area contributed by atoms with Crippen LogP contribution in [-0.4, -0.2) is 87.4 Å². The molecule has 0 aliphatic rings. The molecule has 0 aromatic rings. The highest BCUT2D eigenvalue weighted by Gasteiger charge is 2.25. The smallest absolute Gasteiger partial charge is 0.361 e. The fraction of sp³-hybridized carbons (Fsp3) is 0.945. The predicted molar refractivity (Wildman–Crippen MR) is 268 cm³/mol. The molecule has 2 atom stereocenters. The van der Waals surface area contributed by atoms with E-state index < -0.39 is 24.3 Å². The molecule has 0 heterocycles. The highest BCUT2D eigenvalue weighted by molar-refractivity contribution is 5.71. The number of nitrogens with zero attached hydrogens (tertiary/aromatic N) is 1. The summed E-state index contributed by atoms with van der Waals surface area (Å²) in [6, 6.07) is 0. The Bertz CT molecular complexity index is 1020. The van der Waals surface area contributed by atoms with Crippen molar-refractivity contribution < 1.29 is 42.9 Å². The van der Waals surface area contributed by atoms with E-state index >= 15 is 0 Å². The monoisotopic (exact) mass is 911 g/mol. The molecule has 0 aromatic heterocycles. The van der Waals surface area contributed by atoms with Crippen molar-refractivity contribution in [2.75, 3.05) is 47.5 Å². The van der Waals surface area contributed by atoms with Crippen LogP contribution >= 0.6 is 0 Å². The average molecular weight is 911 g/mol. The van der Waals surface area contributed by atoms with E-state index in [1.54, 1.807) is 0 Å². The van der Waals surface area contributed by atoms with Crippen LogP contribution < -0.4 is 0 Å². The first-order valence-corrected chi connectivity index (χ1v) is 27.7. The number of carbonyl (C=O) groups is 3. The Hall–Kier alpha value is -1.71. The maximum absolute atomic E-state index is 12.7. The van der Waals surface area contributed by atoms with E-state index in [1.165, 1.54) is 199 Å². The summed E-state index contributed by atoms with van der Waals surface area (Å²) >= 11 is 0. The molecule has 0 spiro atoms. The SMILES string of the molecule is CCCCCCCCCCCCCCCCCCCCCCCCCCCCCCCCCCCCC(=O)OC(COC(=O)CCCCCCC)COC(OCC[N+](C)(C)C)C(=O)O. The van der Waals surface area contributed by atoms with Crippen molar-refractivity contribution in [3.8, 4) is 0 Å². The largest absolute Gasteiger partial charge is 0.477 e. The van der Waals surface area contributed by atoms with Gasteiger partial charge in [-0.1, -0.05) is 251 Å². The van der Waals surface area contributed by atoms with Gasteiger partial charge in [0.25, 0.3) is 6.29 Å². The lowest BCUT2D eigenvalue weighted by Crippen LogP contribution is -2.40. The molecule has 0 aromatic carbocycles. The lowest BCUT2D eigenvalue weighted by molar-refractivity contribution is -0.870. The molecular formula is C55H108NO8+. The molecule has 9 nitrogen and oxygen atoms in total. The van der Waals surface area contributed by atoms with Crippen LogP contribution in [0.1, 0.15) is 277 Å². The second-order valence-electron chi connectivity index (χ2n) is 20.3. The van der Waals surface area contributed by atoms with Crippen LogP contribution in [0.15, 0.2) is 0 Å². The van der Waals surface area contributed by atoms with E-state index in [0.717, 1.165) is 51.4 Å². The predicted octanol–water partition coefficient (Wildman–Crippen LogP) is 15.6. The summed E-state index contributed by atoms with van der Waals surface area (Å²) in [6.45, 7) is 4.82. The van der Waals surface area contributed by atoms with Crippen LogP contribution in [0.5, 0.6) is 0 Å². The maximum atomic E-state index is 12.7. The molecule has 9 heteroatoms. The number of unbranched alkanes of at least 4 members (excludes halogenated alkanes) is 37. The number of esters is 2. The summed E-state index contributed by atoms with van der Waals surface area (Å²) in [7, 11) is 5.96. The summed E-state index contributed by atoms with van der Waals surface area (Å²) in [5.74, 6) is -2.00. The zero-order valence-corrected chi connectivity index (χ0v) is 43.2. The van der Waals surface area contributed by atoms with Gasteiger partial charge in [0.1, 0.15) is 13.2 Å². The van der Waals surface area contributed by atoms with E-state index in [9.17, 15) is 19.5 Å². The minimum absolute atomic E-state index is 0.176. The summed E-state index contributed by atoms with van der Waals surface area (Å²) < 4.78 is 22.6. The quantitative estimate of drug-likeness (QED) is 0.0278. The van der Waals surface area contributed by atoms with Gasteiger partial charge in [0.05, 0.1) is 34.4 Å². The Balaban J connectivity index is 3.80. The molecule has 0 rings (SSSR count). The van der Waals surface area contributed by atoms with E-state index in [2.05, 4.69) is 13.8 Å². The van der Waals surface area contributed by atoms with Crippen molar-refractivity contribution in [2.24, 2.45) is 0 Å². The number of rotatable bonds is 52. The second-order valence-corrected chi connectivity index (χ2v) is 20.3. The molecule has 0 aliphatic carbocycles. The number of hydrogen-bond donors (Lipinski definition) is 1. The lowest BCUT2D eigenvalue weighted by Gasteiger charge is -2.25. The third kappa shape index (κ3) is 48.2. The molecule has 0 aliphatic heterocycles. The van der Waals surface area contributed by atoms with Crippen LogP contribution in [0.2, 0.25) is 0 Å². The summed E-state index contributed by atoms with van der Waals surface area (Å²) in [6.07, 6.45) is 49.8. The standard InChI is InChI=1S/C55H107NO8/c1-6-8-10-12-13-14-15-16-17-18-19-20-21-22-23-24-25-26-27-28-29-30-31-32-33-34-35-36-37-38-39-40-42-44-46-53(58)64-51(49-62-52(57)45-43-41-11-9-7-2)50-63-55(54(59)60)61-48-47-56(3,4)5/h51,55H,6-50H2,1-5H3/p+1. The number of carbonyl (C=O) groups excluding carboxylic acids is 2. The highest BCUT2D eigenvalue weighted by Crippen LogP contribution is 2.18. The summed E-state index contributed by atoms with van der Waals surface area (Å²) in [5.41, 5.74) is 0. The van der Waals surface area contributed by atoms with Crippen molar-refractivity contribution in [1.29, 1.82) is 0 Å².